The van der Waals surface area contributed by atoms with Crippen LogP contribution >= 0.6 is 24.0 Å². The summed E-state index contributed by atoms with van der Waals surface area (Å²) in [4.78, 5) is 32.0. The number of carbonyl (C=O) groups is 2. The number of thioether (sulfide) groups is 1. The van der Waals surface area contributed by atoms with Gasteiger partial charge in [-0.25, -0.2) is 0 Å². The minimum Gasteiger partial charge on any atom is -0.350 e. The second-order valence-corrected chi connectivity index (χ2v) is 12.2. The molecule has 0 radical (unpaired) electrons. The van der Waals surface area contributed by atoms with E-state index in [9.17, 15) is 9.59 Å². The van der Waals surface area contributed by atoms with E-state index in [1.807, 2.05) is 57.2 Å². The molecule has 0 aliphatic carbocycles. The van der Waals surface area contributed by atoms with E-state index in [4.69, 9.17) is 12.2 Å². The molecule has 0 aromatic heterocycles. The van der Waals surface area contributed by atoms with Crippen LogP contribution < -0.4 is 5.32 Å². The number of hydrogen-bond donors (Lipinski definition) is 1. The van der Waals surface area contributed by atoms with E-state index in [-0.39, 0.29) is 23.9 Å². The quantitative estimate of drug-likeness (QED) is 0.294. The summed E-state index contributed by atoms with van der Waals surface area (Å²) in [6.45, 7) is 9.02. The average molecular weight is 541 g/mol. The van der Waals surface area contributed by atoms with Crippen molar-refractivity contribution in [2.24, 2.45) is 0 Å². The van der Waals surface area contributed by atoms with Gasteiger partial charge in [0.1, 0.15) is 4.32 Å². The minimum atomic E-state index is -0.328. The van der Waals surface area contributed by atoms with Gasteiger partial charge in [0.05, 0.1) is 19.1 Å². The van der Waals surface area contributed by atoms with Crippen LogP contribution in [0.15, 0.2) is 60.7 Å². The van der Waals surface area contributed by atoms with Crippen LogP contribution in [0.2, 0.25) is 0 Å². The molecule has 0 atom stereocenters. The van der Waals surface area contributed by atoms with Crippen LogP contribution in [-0.2, 0) is 22.7 Å². The lowest BCUT2D eigenvalue weighted by atomic mass is 10.1. The second kappa shape index (κ2) is 14.5. The predicted octanol–water partition coefficient (Wildman–Crippen LogP) is 5.24. The van der Waals surface area contributed by atoms with Gasteiger partial charge in [0.25, 0.3) is 0 Å². The smallest absolute Gasteiger partial charge is 0.240 e. The van der Waals surface area contributed by atoms with Crippen LogP contribution in [0.1, 0.15) is 57.6 Å². The van der Waals surface area contributed by atoms with Gasteiger partial charge >= 0.3 is 0 Å². The van der Waals surface area contributed by atoms with E-state index in [0.29, 0.717) is 13.0 Å². The summed E-state index contributed by atoms with van der Waals surface area (Å²) in [5.41, 5.74) is 1.97. The highest BCUT2D eigenvalue weighted by Crippen LogP contribution is 2.21. The Morgan fingerprint density at radius 1 is 0.973 bits per heavy atom. The summed E-state index contributed by atoms with van der Waals surface area (Å²) in [6.07, 6.45) is 3.28. The molecule has 1 aliphatic rings. The molecule has 3 rings (SSSR count). The Hall–Kier alpha value is -2.42. The summed E-state index contributed by atoms with van der Waals surface area (Å²) >= 11 is 7.30. The highest BCUT2D eigenvalue weighted by Gasteiger charge is 2.22. The van der Waals surface area contributed by atoms with Crippen molar-refractivity contribution >= 4 is 40.1 Å². The summed E-state index contributed by atoms with van der Waals surface area (Å²) < 4.78 is 0.958. The second-order valence-electron chi connectivity index (χ2n) is 10.6. The van der Waals surface area contributed by atoms with Crippen LogP contribution in [0.3, 0.4) is 0 Å². The van der Waals surface area contributed by atoms with Gasteiger partial charge in [-0.1, -0.05) is 91.1 Å². The molecule has 2 aromatic carbocycles. The first kappa shape index (κ1) is 29.1. The summed E-state index contributed by atoms with van der Waals surface area (Å²) in [6, 6.07) is 20.3. The SMILES string of the molecule is CC(C)(C)NC(=O)CN(Cc1ccccc1)C(=O)CCCCCN1CSC(=S)N(Cc2ccccc2)C1. The maximum atomic E-state index is 13.1. The third kappa shape index (κ3) is 10.8. The Labute approximate surface area is 231 Å². The van der Waals surface area contributed by atoms with Gasteiger partial charge in [-0.2, -0.15) is 0 Å². The molecule has 2 aromatic rings. The Kier molecular flexibility index (Phi) is 11.4. The molecule has 1 saturated heterocycles. The fraction of sp³-hybridized carbons (Fsp3) is 0.483. The van der Waals surface area contributed by atoms with Crippen molar-refractivity contribution in [1.82, 2.24) is 20.0 Å². The highest BCUT2D eigenvalue weighted by molar-refractivity contribution is 8.22. The Morgan fingerprint density at radius 3 is 2.27 bits per heavy atom. The van der Waals surface area contributed by atoms with Crippen molar-refractivity contribution < 1.29 is 9.59 Å². The van der Waals surface area contributed by atoms with Gasteiger partial charge in [-0.3, -0.25) is 14.5 Å². The van der Waals surface area contributed by atoms with E-state index >= 15 is 0 Å². The van der Waals surface area contributed by atoms with Gasteiger partial charge in [-0.15, -0.1) is 0 Å². The van der Waals surface area contributed by atoms with Gasteiger partial charge in [0, 0.05) is 31.6 Å². The molecule has 0 bridgehead atoms. The lowest BCUT2D eigenvalue weighted by Gasteiger charge is -2.36. The molecule has 200 valence electrons. The molecule has 1 N–H and O–H groups in total. The van der Waals surface area contributed by atoms with Crippen LogP contribution in [0.25, 0.3) is 0 Å². The number of unbranched alkanes of at least 4 members (excludes halogenated alkanes) is 2. The fourth-order valence-electron chi connectivity index (χ4n) is 4.25. The lowest BCUT2D eigenvalue weighted by molar-refractivity contribution is -0.137. The van der Waals surface area contributed by atoms with E-state index in [2.05, 4.69) is 39.4 Å². The van der Waals surface area contributed by atoms with Crippen LogP contribution in [0.4, 0.5) is 0 Å². The fourth-order valence-corrected chi connectivity index (χ4v) is 5.33. The average Bonchev–Trinajstić information content (AvgIpc) is 2.85. The predicted molar refractivity (Wildman–Crippen MR) is 157 cm³/mol. The van der Waals surface area contributed by atoms with Crippen molar-refractivity contribution in [3.05, 3.63) is 71.8 Å². The van der Waals surface area contributed by atoms with Gasteiger partial charge in [-0.05, 0) is 44.7 Å². The number of nitrogens with zero attached hydrogens (tertiary/aromatic N) is 3. The lowest BCUT2D eigenvalue weighted by Crippen LogP contribution is -2.47. The maximum absolute atomic E-state index is 13.1. The largest absolute Gasteiger partial charge is 0.350 e. The molecule has 8 heteroatoms. The van der Waals surface area contributed by atoms with Crippen LogP contribution in [0.5, 0.6) is 0 Å². The first-order valence-electron chi connectivity index (χ1n) is 13.0. The third-order valence-corrected chi connectivity index (χ3v) is 7.61. The standard InChI is InChI=1S/C29H40N4O2S2/c1-29(2,3)30-26(34)21-32(19-24-13-7-4-8-14-24)27(35)17-11-6-12-18-31-22-33(28(36)37-23-31)20-25-15-9-5-10-16-25/h4-5,7-10,13-16H,6,11-12,17-23H2,1-3H3,(H,30,34). The van der Waals surface area contributed by atoms with Gasteiger partial charge in [0.2, 0.25) is 11.8 Å². The van der Waals surface area contributed by atoms with E-state index < -0.39 is 0 Å². The van der Waals surface area contributed by atoms with Crippen molar-refractivity contribution in [1.29, 1.82) is 0 Å². The zero-order chi connectivity index (χ0) is 26.7. The molecule has 2 amide bonds. The molecule has 37 heavy (non-hydrogen) atoms. The minimum absolute atomic E-state index is 0.0285. The first-order valence-corrected chi connectivity index (χ1v) is 14.4. The summed E-state index contributed by atoms with van der Waals surface area (Å²) in [5, 5.41) is 2.97. The Bertz CT molecular complexity index is 1010. The Balaban J connectivity index is 1.43. The zero-order valence-electron chi connectivity index (χ0n) is 22.3. The van der Waals surface area contributed by atoms with Crippen molar-refractivity contribution in [3.8, 4) is 0 Å². The number of amides is 2. The molecule has 0 spiro atoms. The monoisotopic (exact) mass is 540 g/mol. The molecule has 1 aliphatic heterocycles. The number of carbonyl (C=O) groups excluding carboxylic acids is 2. The third-order valence-electron chi connectivity index (χ3n) is 6.00. The topological polar surface area (TPSA) is 55.9 Å². The van der Waals surface area contributed by atoms with E-state index in [1.54, 1.807) is 16.7 Å². The number of thiocarbonyl (C=S) groups is 1. The van der Waals surface area contributed by atoms with Crippen molar-refractivity contribution in [3.63, 3.8) is 0 Å². The zero-order valence-corrected chi connectivity index (χ0v) is 24.0. The van der Waals surface area contributed by atoms with Gasteiger partial charge < -0.3 is 15.1 Å². The normalized spacial score (nSPS) is 14.5. The molecule has 0 saturated carbocycles. The molecule has 6 nitrogen and oxygen atoms in total. The molecule has 1 heterocycles. The number of nitrogens with one attached hydrogen (secondary N) is 1. The van der Waals surface area contributed by atoms with Gasteiger partial charge in [0.15, 0.2) is 0 Å². The van der Waals surface area contributed by atoms with E-state index in [0.717, 1.165) is 54.8 Å². The van der Waals surface area contributed by atoms with Crippen LogP contribution in [0, 0.1) is 0 Å². The number of hydrogen-bond acceptors (Lipinski definition) is 5. The molecular formula is C29H40N4O2S2. The summed E-state index contributed by atoms with van der Waals surface area (Å²) in [7, 11) is 0. The van der Waals surface area contributed by atoms with E-state index in [1.165, 1.54) is 5.56 Å². The molecular weight excluding hydrogens is 500 g/mol. The number of rotatable bonds is 12. The molecule has 0 unspecified atom stereocenters. The highest BCUT2D eigenvalue weighted by atomic mass is 32.2. The maximum Gasteiger partial charge on any atom is 0.240 e. The number of benzene rings is 2. The first-order chi connectivity index (χ1) is 17.7. The Morgan fingerprint density at radius 2 is 1.62 bits per heavy atom. The van der Waals surface area contributed by atoms with Crippen molar-refractivity contribution in [2.75, 3.05) is 25.6 Å². The van der Waals surface area contributed by atoms with Crippen molar-refractivity contribution in [2.45, 2.75) is 65.1 Å². The molecule has 1 fully saturated rings. The summed E-state index contributed by atoms with van der Waals surface area (Å²) in [5.74, 6) is 0.815. The van der Waals surface area contributed by atoms with Crippen LogP contribution in [-0.4, -0.2) is 62.0 Å².